The van der Waals surface area contributed by atoms with Crippen molar-refractivity contribution in [3.05, 3.63) is 45.9 Å². The van der Waals surface area contributed by atoms with E-state index in [-0.39, 0.29) is 10.8 Å². The van der Waals surface area contributed by atoms with Crippen LogP contribution in [0.25, 0.3) is 0 Å². The highest BCUT2D eigenvalue weighted by Crippen LogP contribution is 2.15. The molecule has 0 saturated carbocycles. The Morgan fingerprint density at radius 1 is 1.30 bits per heavy atom. The number of amides is 1. The molecular weight excluding hydrogens is 334 g/mol. The number of aromatic nitrogens is 1. The van der Waals surface area contributed by atoms with E-state index in [1.165, 1.54) is 31.3 Å². The predicted octanol–water partition coefficient (Wildman–Crippen LogP) is 1.89. The van der Waals surface area contributed by atoms with E-state index in [0.717, 1.165) is 17.1 Å². The number of benzene rings is 1. The van der Waals surface area contributed by atoms with Crippen LogP contribution >= 0.6 is 11.3 Å². The van der Waals surface area contributed by atoms with Crippen LogP contribution in [0.2, 0.25) is 0 Å². The van der Waals surface area contributed by atoms with Gasteiger partial charge in [0.15, 0.2) is 0 Å². The molecule has 1 N–H and O–H groups in total. The molecule has 1 amide bonds. The zero-order valence-electron chi connectivity index (χ0n) is 13.2. The van der Waals surface area contributed by atoms with E-state index in [2.05, 4.69) is 9.71 Å². The molecule has 0 aliphatic carbocycles. The molecule has 1 aromatic heterocycles. The van der Waals surface area contributed by atoms with Crippen molar-refractivity contribution in [2.24, 2.45) is 0 Å². The fourth-order valence-electron chi connectivity index (χ4n) is 2.01. The highest BCUT2D eigenvalue weighted by Gasteiger charge is 2.16. The molecule has 0 aliphatic heterocycles. The molecule has 0 unspecified atom stereocenters. The molecule has 1 aromatic carbocycles. The molecule has 8 heteroatoms. The van der Waals surface area contributed by atoms with Crippen LogP contribution in [0.4, 0.5) is 0 Å². The molecule has 23 heavy (non-hydrogen) atoms. The third kappa shape index (κ3) is 4.15. The maximum atomic E-state index is 12.4. The molecule has 0 radical (unpaired) electrons. The van der Waals surface area contributed by atoms with Crippen LogP contribution < -0.4 is 4.72 Å². The number of aryl methyl sites for hydroxylation is 1. The van der Waals surface area contributed by atoms with Crippen molar-refractivity contribution in [1.82, 2.24) is 14.6 Å². The minimum Gasteiger partial charge on any atom is -0.336 e. The number of hydrogen-bond donors (Lipinski definition) is 1. The van der Waals surface area contributed by atoms with Gasteiger partial charge in [-0.1, -0.05) is 6.92 Å². The summed E-state index contributed by atoms with van der Waals surface area (Å²) in [7, 11) is -0.445. The Labute approximate surface area is 140 Å². The van der Waals surface area contributed by atoms with Gasteiger partial charge in [0.1, 0.15) is 0 Å². The lowest BCUT2D eigenvalue weighted by molar-refractivity contribution is 0.0783. The van der Waals surface area contributed by atoms with Gasteiger partial charge in [-0.05, 0) is 37.7 Å². The fraction of sp³-hybridized carbons (Fsp3) is 0.333. The Bertz CT molecular complexity index is 783. The van der Waals surface area contributed by atoms with E-state index in [9.17, 15) is 13.2 Å². The van der Waals surface area contributed by atoms with Crippen LogP contribution in [0.15, 0.2) is 34.5 Å². The molecule has 0 aliphatic rings. The molecule has 2 aromatic rings. The quantitative estimate of drug-likeness (QED) is 0.860. The SMILES string of the molecule is CCc1nc(CN(C)C(=O)c2ccc(S(=O)(=O)NC)cc2)cs1. The van der Waals surface area contributed by atoms with Gasteiger partial charge in [-0.15, -0.1) is 11.3 Å². The van der Waals surface area contributed by atoms with Crippen LogP contribution in [0.3, 0.4) is 0 Å². The van der Waals surface area contributed by atoms with Crippen molar-refractivity contribution in [3.63, 3.8) is 0 Å². The molecular formula is C15H19N3O3S2. The number of carbonyl (C=O) groups excluding carboxylic acids is 1. The molecule has 0 bridgehead atoms. The van der Waals surface area contributed by atoms with Crippen molar-refractivity contribution in [3.8, 4) is 0 Å². The zero-order chi connectivity index (χ0) is 17.0. The topological polar surface area (TPSA) is 79.4 Å². The lowest BCUT2D eigenvalue weighted by Gasteiger charge is -2.16. The van der Waals surface area contributed by atoms with Crippen molar-refractivity contribution in [2.45, 2.75) is 24.8 Å². The average Bonchev–Trinajstić information content (AvgIpc) is 3.01. The smallest absolute Gasteiger partial charge is 0.253 e. The van der Waals surface area contributed by atoms with Gasteiger partial charge in [-0.25, -0.2) is 18.1 Å². The monoisotopic (exact) mass is 353 g/mol. The van der Waals surface area contributed by atoms with Gasteiger partial charge in [-0.2, -0.15) is 0 Å². The third-order valence-electron chi connectivity index (χ3n) is 3.33. The van der Waals surface area contributed by atoms with Crippen LogP contribution in [0.5, 0.6) is 0 Å². The minimum absolute atomic E-state index is 0.131. The van der Waals surface area contributed by atoms with Crippen molar-refractivity contribution >= 4 is 27.3 Å². The predicted molar refractivity (Wildman–Crippen MR) is 90.0 cm³/mol. The molecule has 0 spiro atoms. The Balaban J connectivity index is 2.10. The Morgan fingerprint density at radius 3 is 2.48 bits per heavy atom. The molecule has 6 nitrogen and oxygen atoms in total. The highest BCUT2D eigenvalue weighted by molar-refractivity contribution is 7.89. The number of sulfonamides is 1. The first-order chi connectivity index (χ1) is 10.9. The number of carbonyl (C=O) groups is 1. The van der Waals surface area contributed by atoms with Gasteiger partial charge in [-0.3, -0.25) is 4.79 Å². The van der Waals surface area contributed by atoms with E-state index >= 15 is 0 Å². The van der Waals surface area contributed by atoms with Crippen LogP contribution in [-0.4, -0.2) is 38.3 Å². The lowest BCUT2D eigenvalue weighted by atomic mass is 10.2. The summed E-state index contributed by atoms with van der Waals surface area (Å²) in [5.41, 5.74) is 1.30. The summed E-state index contributed by atoms with van der Waals surface area (Å²) in [5, 5.41) is 2.99. The van der Waals surface area contributed by atoms with E-state index in [1.54, 1.807) is 23.3 Å². The van der Waals surface area contributed by atoms with Gasteiger partial charge in [0.2, 0.25) is 10.0 Å². The summed E-state index contributed by atoms with van der Waals surface area (Å²) in [4.78, 5) is 18.5. The van der Waals surface area contributed by atoms with Gasteiger partial charge >= 0.3 is 0 Å². The molecule has 0 fully saturated rings. The first-order valence-corrected chi connectivity index (χ1v) is 9.46. The summed E-state index contributed by atoms with van der Waals surface area (Å²) in [6.45, 7) is 2.46. The first kappa shape index (κ1) is 17.6. The normalized spacial score (nSPS) is 11.4. The minimum atomic E-state index is -3.49. The summed E-state index contributed by atoms with van der Waals surface area (Å²) in [6.07, 6.45) is 0.879. The van der Waals surface area contributed by atoms with E-state index in [0.29, 0.717) is 12.1 Å². The first-order valence-electron chi connectivity index (χ1n) is 7.09. The molecule has 124 valence electrons. The van der Waals surface area contributed by atoms with E-state index < -0.39 is 10.0 Å². The Hall–Kier alpha value is -1.77. The van der Waals surface area contributed by atoms with Crippen LogP contribution in [0.1, 0.15) is 28.0 Å². The third-order valence-corrected chi connectivity index (χ3v) is 5.80. The molecule has 0 saturated heterocycles. The van der Waals surface area contributed by atoms with Gasteiger partial charge < -0.3 is 4.90 Å². The molecule has 2 rings (SSSR count). The Kier molecular flexibility index (Phi) is 5.51. The second-order valence-corrected chi connectivity index (χ2v) is 7.81. The number of nitrogens with zero attached hydrogens (tertiary/aromatic N) is 2. The number of thiazole rings is 1. The highest BCUT2D eigenvalue weighted by atomic mass is 32.2. The van der Waals surface area contributed by atoms with Crippen molar-refractivity contribution < 1.29 is 13.2 Å². The van der Waals surface area contributed by atoms with Gasteiger partial charge in [0.05, 0.1) is 22.1 Å². The lowest BCUT2D eigenvalue weighted by Crippen LogP contribution is -2.26. The standard InChI is InChI=1S/C15H19N3O3S2/c1-4-14-17-12(10-22-14)9-18(3)15(19)11-5-7-13(8-6-11)23(20,21)16-2/h5-8,10,16H,4,9H2,1-3H3. The van der Waals surface area contributed by atoms with Crippen LogP contribution in [-0.2, 0) is 23.0 Å². The maximum absolute atomic E-state index is 12.4. The summed E-state index contributed by atoms with van der Waals surface area (Å²) in [6, 6.07) is 5.87. The average molecular weight is 353 g/mol. The van der Waals surface area contributed by atoms with Crippen LogP contribution in [0, 0.1) is 0 Å². The number of rotatable bonds is 6. The zero-order valence-corrected chi connectivity index (χ0v) is 14.9. The summed E-state index contributed by atoms with van der Waals surface area (Å²) >= 11 is 1.58. The van der Waals surface area contributed by atoms with Crippen molar-refractivity contribution in [1.29, 1.82) is 0 Å². The van der Waals surface area contributed by atoms with Crippen molar-refractivity contribution in [2.75, 3.05) is 14.1 Å². The van der Waals surface area contributed by atoms with Gasteiger partial charge in [0, 0.05) is 18.0 Å². The second-order valence-electron chi connectivity index (χ2n) is 4.98. The van der Waals surface area contributed by atoms with E-state index in [1.807, 2.05) is 12.3 Å². The van der Waals surface area contributed by atoms with E-state index in [4.69, 9.17) is 0 Å². The summed E-state index contributed by atoms with van der Waals surface area (Å²) in [5.74, 6) is -0.176. The summed E-state index contributed by atoms with van der Waals surface area (Å²) < 4.78 is 25.6. The Morgan fingerprint density at radius 2 is 1.96 bits per heavy atom. The molecule has 1 heterocycles. The number of hydrogen-bond acceptors (Lipinski definition) is 5. The molecule has 0 atom stereocenters. The second kappa shape index (κ2) is 7.20. The largest absolute Gasteiger partial charge is 0.336 e. The van der Waals surface area contributed by atoms with Gasteiger partial charge in [0.25, 0.3) is 5.91 Å². The maximum Gasteiger partial charge on any atom is 0.253 e. The fourth-order valence-corrected chi connectivity index (χ4v) is 3.48. The number of nitrogens with one attached hydrogen (secondary N) is 1.